The lowest BCUT2D eigenvalue weighted by Crippen LogP contribution is -2.44. The van der Waals surface area contributed by atoms with Crippen molar-refractivity contribution >= 4 is 22.8 Å². The summed E-state index contributed by atoms with van der Waals surface area (Å²) in [5.74, 6) is 0.788. The van der Waals surface area contributed by atoms with Gasteiger partial charge >= 0.3 is 5.97 Å². The fourth-order valence-corrected chi connectivity index (χ4v) is 4.48. The SMILES string of the molecule is CC(=O)Sc1ccc2c(c1)OCC21CCN(CCC(=O)OC(C)(C)C)CC1. The molecule has 0 aromatic heterocycles. The second kappa shape index (κ2) is 7.84. The molecule has 27 heavy (non-hydrogen) atoms. The molecule has 0 unspecified atom stereocenters. The molecule has 0 radical (unpaired) electrons. The lowest BCUT2D eigenvalue weighted by atomic mass is 9.74. The van der Waals surface area contributed by atoms with Gasteiger partial charge in [-0.15, -0.1) is 0 Å². The van der Waals surface area contributed by atoms with Crippen LogP contribution in [0.2, 0.25) is 0 Å². The fourth-order valence-electron chi connectivity index (χ4n) is 3.84. The second-order valence-electron chi connectivity index (χ2n) is 8.50. The minimum atomic E-state index is -0.423. The molecule has 0 amide bonds. The van der Waals surface area contributed by atoms with Crippen LogP contribution in [-0.2, 0) is 19.7 Å². The van der Waals surface area contributed by atoms with Crippen LogP contribution in [0, 0.1) is 0 Å². The number of hydrogen-bond donors (Lipinski definition) is 0. The molecule has 0 aliphatic carbocycles. The minimum absolute atomic E-state index is 0.0666. The molecule has 2 aliphatic rings. The van der Waals surface area contributed by atoms with E-state index < -0.39 is 5.60 Å². The van der Waals surface area contributed by atoms with Crippen LogP contribution in [0.1, 0.15) is 52.5 Å². The van der Waals surface area contributed by atoms with Gasteiger partial charge in [-0.2, -0.15) is 0 Å². The molecule has 148 valence electrons. The Bertz CT molecular complexity index is 717. The highest BCUT2D eigenvalue weighted by molar-refractivity contribution is 8.13. The third kappa shape index (κ3) is 5.05. The average Bonchev–Trinajstić information content (AvgIpc) is 2.90. The molecule has 1 saturated heterocycles. The van der Waals surface area contributed by atoms with E-state index in [2.05, 4.69) is 11.0 Å². The first-order chi connectivity index (χ1) is 12.7. The van der Waals surface area contributed by atoms with Crippen molar-refractivity contribution in [3.05, 3.63) is 23.8 Å². The highest BCUT2D eigenvalue weighted by Gasteiger charge is 2.43. The maximum atomic E-state index is 11.9. The Morgan fingerprint density at radius 2 is 1.96 bits per heavy atom. The summed E-state index contributed by atoms with van der Waals surface area (Å²) in [5.41, 5.74) is 0.909. The molecule has 2 aliphatic heterocycles. The summed E-state index contributed by atoms with van der Waals surface area (Å²) in [6.07, 6.45) is 2.48. The van der Waals surface area contributed by atoms with Gasteiger partial charge in [0.1, 0.15) is 11.4 Å². The highest BCUT2D eigenvalue weighted by Crippen LogP contribution is 2.46. The van der Waals surface area contributed by atoms with Gasteiger partial charge in [0, 0.05) is 29.3 Å². The van der Waals surface area contributed by atoms with Crippen molar-refractivity contribution in [1.82, 2.24) is 4.90 Å². The highest BCUT2D eigenvalue weighted by atomic mass is 32.2. The van der Waals surface area contributed by atoms with E-state index >= 15 is 0 Å². The first-order valence-electron chi connectivity index (χ1n) is 9.57. The van der Waals surface area contributed by atoms with Crippen molar-refractivity contribution in [3.63, 3.8) is 0 Å². The molecule has 1 fully saturated rings. The van der Waals surface area contributed by atoms with Gasteiger partial charge in [0.15, 0.2) is 5.12 Å². The van der Waals surface area contributed by atoms with Crippen molar-refractivity contribution in [1.29, 1.82) is 0 Å². The van der Waals surface area contributed by atoms with Crippen molar-refractivity contribution < 1.29 is 19.1 Å². The van der Waals surface area contributed by atoms with Gasteiger partial charge in [0.25, 0.3) is 0 Å². The van der Waals surface area contributed by atoms with E-state index in [1.807, 2.05) is 32.9 Å². The molecule has 0 bridgehead atoms. The zero-order valence-corrected chi connectivity index (χ0v) is 17.5. The summed E-state index contributed by atoms with van der Waals surface area (Å²) in [7, 11) is 0. The number of fused-ring (bicyclic) bond motifs is 2. The zero-order valence-electron chi connectivity index (χ0n) is 16.7. The molecular weight excluding hydrogens is 362 g/mol. The molecular formula is C21H29NO4S. The summed E-state index contributed by atoms with van der Waals surface area (Å²) < 4.78 is 11.4. The number of thioether (sulfide) groups is 1. The number of nitrogens with zero attached hydrogens (tertiary/aromatic N) is 1. The van der Waals surface area contributed by atoms with E-state index in [1.54, 1.807) is 6.92 Å². The van der Waals surface area contributed by atoms with Gasteiger partial charge in [-0.05, 0) is 58.8 Å². The van der Waals surface area contributed by atoms with Crippen LogP contribution in [0.25, 0.3) is 0 Å². The van der Waals surface area contributed by atoms with Gasteiger partial charge in [-0.1, -0.05) is 17.8 Å². The number of carbonyl (C=O) groups excluding carboxylic acids is 2. The van der Waals surface area contributed by atoms with Crippen LogP contribution >= 0.6 is 11.8 Å². The van der Waals surface area contributed by atoms with Crippen LogP contribution in [-0.4, -0.2) is 47.8 Å². The summed E-state index contributed by atoms with van der Waals surface area (Å²) in [6, 6.07) is 6.14. The molecule has 1 aromatic rings. The Morgan fingerprint density at radius 3 is 2.59 bits per heavy atom. The van der Waals surface area contributed by atoms with Crippen LogP contribution in [0.5, 0.6) is 5.75 Å². The van der Waals surface area contributed by atoms with Crippen molar-refractivity contribution in [2.75, 3.05) is 26.2 Å². The number of piperidine rings is 1. The largest absolute Gasteiger partial charge is 0.492 e. The van der Waals surface area contributed by atoms with Crippen molar-refractivity contribution in [2.24, 2.45) is 0 Å². The predicted molar refractivity (Wildman–Crippen MR) is 106 cm³/mol. The van der Waals surface area contributed by atoms with E-state index in [4.69, 9.17) is 9.47 Å². The summed E-state index contributed by atoms with van der Waals surface area (Å²) in [4.78, 5) is 26.5. The lowest BCUT2D eigenvalue weighted by Gasteiger charge is -2.38. The van der Waals surface area contributed by atoms with Crippen LogP contribution in [0.15, 0.2) is 23.1 Å². The third-order valence-corrected chi connectivity index (χ3v) is 5.93. The van der Waals surface area contributed by atoms with E-state index in [1.165, 1.54) is 17.3 Å². The van der Waals surface area contributed by atoms with Crippen molar-refractivity contribution in [3.8, 4) is 5.75 Å². The number of likely N-dealkylation sites (tertiary alicyclic amines) is 1. The Balaban J connectivity index is 1.55. The summed E-state index contributed by atoms with van der Waals surface area (Å²) in [5, 5.41) is 0.0842. The van der Waals surface area contributed by atoms with Crippen LogP contribution in [0.3, 0.4) is 0 Å². The number of esters is 1. The zero-order chi connectivity index (χ0) is 19.7. The van der Waals surface area contributed by atoms with Gasteiger partial charge in [-0.25, -0.2) is 0 Å². The molecule has 1 spiro atoms. The smallest absolute Gasteiger partial charge is 0.307 e. The molecule has 2 heterocycles. The average molecular weight is 392 g/mol. The number of hydrogen-bond acceptors (Lipinski definition) is 6. The quantitative estimate of drug-likeness (QED) is 0.575. The van der Waals surface area contributed by atoms with Crippen LogP contribution < -0.4 is 4.74 Å². The molecule has 0 N–H and O–H groups in total. The number of ether oxygens (including phenoxy) is 2. The topological polar surface area (TPSA) is 55.8 Å². The first kappa shape index (κ1) is 20.2. The maximum Gasteiger partial charge on any atom is 0.307 e. The van der Waals surface area contributed by atoms with Crippen molar-refractivity contribution in [2.45, 2.75) is 62.9 Å². The number of benzene rings is 1. The summed E-state index contributed by atoms with van der Waals surface area (Å²) >= 11 is 1.24. The Morgan fingerprint density at radius 1 is 1.26 bits per heavy atom. The van der Waals surface area contributed by atoms with Gasteiger partial charge < -0.3 is 14.4 Å². The van der Waals surface area contributed by atoms with E-state index in [0.29, 0.717) is 13.0 Å². The predicted octanol–water partition coefficient (Wildman–Crippen LogP) is 3.78. The Kier molecular flexibility index (Phi) is 5.87. The Labute approximate surface area is 165 Å². The monoisotopic (exact) mass is 391 g/mol. The molecule has 0 saturated carbocycles. The third-order valence-electron chi connectivity index (χ3n) is 5.16. The normalized spacial score (nSPS) is 18.8. The number of rotatable bonds is 4. The maximum absolute atomic E-state index is 11.9. The molecule has 6 heteroatoms. The standard InChI is InChI=1S/C21H29NO4S/c1-15(23)27-16-5-6-17-18(13-16)25-14-21(17)8-11-22(12-9-21)10-7-19(24)26-20(2,3)4/h5-6,13H,7-12,14H2,1-4H3. The first-order valence-corrected chi connectivity index (χ1v) is 10.4. The fraction of sp³-hybridized carbons (Fsp3) is 0.619. The molecule has 5 nitrogen and oxygen atoms in total. The van der Waals surface area contributed by atoms with E-state index in [9.17, 15) is 9.59 Å². The molecule has 1 aromatic carbocycles. The Hall–Kier alpha value is -1.53. The van der Waals surface area contributed by atoms with Gasteiger partial charge in [0.2, 0.25) is 0 Å². The summed E-state index contributed by atoms with van der Waals surface area (Å²) in [6.45, 7) is 10.6. The lowest BCUT2D eigenvalue weighted by molar-refractivity contribution is -0.155. The van der Waals surface area contributed by atoms with Gasteiger partial charge in [-0.3, -0.25) is 9.59 Å². The molecule has 3 rings (SSSR count). The van der Waals surface area contributed by atoms with E-state index in [0.717, 1.165) is 43.1 Å². The molecule has 0 atom stereocenters. The van der Waals surface area contributed by atoms with Crippen LogP contribution in [0.4, 0.5) is 0 Å². The second-order valence-corrected chi connectivity index (χ2v) is 9.75. The van der Waals surface area contributed by atoms with Gasteiger partial charge in [0.05, 0.1) is 13.0 Å². The minimum Gasteiger partial charge on any atom is -0.492 e. The number of carbonyl (C=O) groups is 2. The van der Waals surface area contributed by atoms with E-state index in [-0.39, 0.29) is 16.5 Å².